The fourth-order valence-corrected chi connectivity index (χ4v) is 6.88. The first-order valence-electron chi connectivity index (χ1n) is 14.2. The lowest BCUT2D eigenvalue weighted by molar-refractivity contribution is -0.385. The average molecular weight is 740 g/mol. The second-order valence-corrected chi connectivity index (χ2v) is 12.3. The number of rotatable bonds is 10. The minimum atomic E-state index is -0.963. The number of aryl methyl sites for hydroxylation is 1. The quantitative estimate of drug-likeness (QED) is 0.0899. The van der Waals surface area contributed by atoms with Crippen LogP contribution in [0.1, 0.15) is 49.1 Å². The average Bonchev–Trinajstić information content (AvgIpc) is 3.30. The van der Waals surface area contributed by atoms with Crippen LogP contribution in [0.15, 0.2) is 81.7 Å². The van der Waals surface area contributed by atoms with E-state index in [1.54, 1.807) is 39.0 Å². The molecule has 0 fully saturated rings. The molecule has 1 aliphatic rings. The predicted molar refractivity (Wildman–Crippen MR) is 179 cm³/mol. The number of nitrogens with zero attached hydrogens (tertiary/aromatic N) is 3. The monoisotopic (exact) mass is 739 g/mol. The highest BCUT2D eigenvalue weighted by molar-refractivity contribution is 14.1. The van der Waals surface area contributed by atoms with Gasteiger partial charge < -0.3 is 14.2 Å². The number of hydrogen-bond acceptors (Lipinski definition) is 9. The van der Waals surface area contributed by atoms with Crippen LogP contribution in [-0.2, 0) is 16.1 Å². The highest BCUT2D eigenvalue weighted by Crippen LogP contribution is 2.36. The number of carbonyl (C=O) groups is 1. The number of benzene rings is 3. The summed E-state index contributed by atoms with van der Waals surface area (Å²) in [6.45, 7) is 7.78. The molecule has 1 atom stereocenters. The zero-order valence-electron chi connectivity index (χ0n) is 25.0. The molecule has 1 aromatic heterocycles. The molecular formula is C33H30IN3O7S. The van der Waals surface area contributed by atoms with Crippen LogP contribution in [0.3, 0.4) is 0 Å². The number of nitro benzene ring substituents is 1. The summed E-state index contributed by atoms with van der Waals surface area (Å²) in [7, 11) is 0. The summed E-state index contributed by atoms with van der Waals surface area (Å²) in [6, 6.07) is 17.3. The molecule has 0 aliphatic carbocycles. The lowest BCUT2D eigenvalue weighted by Gasteiger charge is -2.24. The first-order chi connectivity index (χ1) is 21.6. The molecule has 3 aromatic carbocycles. The summed E-state index contributed by atoms with van der Waals surface area (Å²) in [5.41, 5.74) is 2.63. The van der Waals surface area contributed by atoms with Gasteiger partial charge in [0.25, 0.3) is 11.2 Å². The molecule has 4 aromatic rings. The Morgan fingerprint density at radius 1 is 1.09 bits per heavy atom. The van der Waals surface area contributed by atoms with Gasteiger partial charge >= 0.3 is 5.97 Å². The summed E-state index contributed by atoms with van der Waals surface area (Å²) in [5, 5.41) is 11.8. The molecular weight excluding hydrogens is 709 g/mol. The molecule has 0 saturated carbocycles. The molecule has 0 unspecified atom stereocenters. The minimum Gasteiger partial charge on any atom is -0.490 e. The topological polar surface area (TPSA) is 122 Å². The van der Waals surface area contributed by atoms with E-state index < -0.39 is 22.5 Å². The summed E-state index contributed by atoms with van der Waals surface area (Å²) >= 11 is 3.36. The van der Waals surface area contributed by atoms with E-state index in [9.17, 15) is 19.7 Å². The van der Waals surface area contributed by atoms with Gasteiger partial charge in [0.15, 0.2) is 16.3 Å². The Kier molecular flexibility index (Phi) is 9.83. The summed E-state index contributed by atoms with van der Waals surface area (Å²) in [4.78, 5) is 43.5. The fraction of sp³-hybridized carbons (Fsp3) is 0.242. The lowest BCUT2D eigenvalue weighted by Crippen LogP contribution is -2.40. The third-order valence-electron chi connectivity index (χ3n) is 7.12. The smallest absolute Gasteiger partial charge is 0.338 e. The van der Waals surface area contributed by atoms with Gasteiger partial charge in [-0.3, -0.25) is 19.5 Å². The van der Waals surface area contributed by atoms with Gasteiger partial charge in [-0.05, 0) is 85.2 Å². The van der Waals surface area contributed by atoms with Crippen molar-refractivity contribution >= 4 is 51.7 Å². The molecule has 10 nitrogen and oxygen atoms in total. The van der Waals surface area contributed by atoms with Crippen molar-refractivity contribution in [2.24, 2.45) is 4.99 Å². The Bertz CT molecular complexity index is 2000. The number of fused-ring (bicyclic) bond motifs is 1. The van der Waals surface area contributed by atoms with E-state index in [4.69, 9.17) is 14.2 Å². The number of carbonyl (C=O) groups excluding carboxylic acids is 1. The molecule has 2 heterocycles. The maximum Gasteiger partial charge on any atom is 0.338 e. The normalized spacial score (nSPS) is 14.5. The zero-order chi connectivity index (χ0) is 32.2. The van der Waals surface area contributed by atoms with E-state index in [0.717, 1.165) is 9.13 Å². The van der Waals surface area contributed by atoms with Crippen LogP contribution in [0.5, 0.6) is 11.5 Å². The van der Waals surface area contributed by atoms with Crippen molar-refractivity contribution in [3.05, 3.63) is 128 Å². The van der Waals surface area contributed by atoms with Crippen molar-refractivity contribution < 1.29 is 23.9 Å². The van der Waals surface area contributed by atoms with Crippen LogP contribution in [0.2, 0.25) is 0 Å². The van der Waals surface area contributed by atoms with Crippen LogP contribution >= 0.6 is 33.9 Å². The van der Waals surface area contributed by atoms with Crippen LogP contribution in [0, 0.1) is 20.6 Å². The Hall–Kier alpha value is -4.30. The Labute approximate surface area is 276 Å². The zero-order valence-corrected chi connectivity index (χ0v) is 28.0. The van der Waals surface area contributed by atoms with E-state index in [1.807, 2.05) is 49.4 Å². The number of thiazole rings is 1. The number of ether oxygens (including phenoxy) is 3. The van der Waals surface area contributed by atoms with Crippen LogP contribution in [-0.4, -0.2) is 28.7 Å². The molecule has 0 bridgehead atoms. The minimum absolute atomic E-state index is 0.111. The molecule has 12 heteroatoms. The third-order valence-corrected chi connectivity index (χ3v) is 8.90. The van der Waals surface area contributed by atoms with Crippen molar-refractivity contribution in [1.82, 2.24) is 4.57 Å². The lowest BCUT2D eigenvalue weighted by atomic mass is 9.94. The highest BCUT2D eigenvalue weighted by atomic mass is 127. The number of allylic oxidation sites excluding steroid dienone is 1. The molecule has 5 rings (SSSR count). The third kappa shape index (κ3) is 6.71. The van der Waals surface area contributed by atoms with Gasteiger partial charge in [0, 0.05) is 11.6 Å². The van der Waals surface area contributed by atoms with Crippen molar-refractivity contribution in [2.45, 2.75) is 40.3 Å². The van der Waals surface area contributed by atoms with Gasteiger partial charge in [-0.15, -0.1) is 0 Å². The molecule has 0 spiro atoms. The second-order valence-electron chi connectivity index (χ2n) is 10.1. The maximum absolute atomic E-state index is 14.1. The molecule has 1 aliphatic heterocycles. The second kappa shape index (κ2) is 13.8. The highest BCUT2D eigenvalue weighted by Gasteiger charge is 2.34. The van der Waals surface area contributed by atoms with Gasteiger partial charge in [0.2, 0.25) is 0 Å². The molecule has 0 amide bonds. The van der Waals surface area contributed by atoms with Crippen LogP contribution in [0.25, 0.3) is 6.08 Å². The summed E-state index contributed by atoms with van der Waals surface area (Å²) in [6.07, 6.45) is 1.74. The van der Waals surface area contributed by atoms with E-state index in [2.05, 4.69) is 27.6 Å². The van der Waals surface area contributed by atoms with E-state index >= 15 is 0 Å². The standard InChI is InChI=1S/C33H30IN3O7S/c1-5-42-26-15-22(14-24(34)30(26)44-18-21-10-8-7-9-11-21)16-27-31(38)36-29(23-13-12-19(3)25(17-23)37(40)41)28(32(39)43-6-2)20(4)35-33(36)45-27/h7-17,29H,5-6,18H2,1-4H3/b27-16+/t29-/m0/s1. The molecule has 45 heavy (non-hydrogen) atoms. The van der Waals surface area contributed by atoms with Crippen molar-refractivity contribution in [1.29, 1.82) is 0 Å². The SMILES string of the molecule is CCOC(=O)C1=C(C)N=c2s/c(=C/c3cc(I)c(OCc4ccccc4)c(OCC)c3)c(=O)n2[C@H]1c1ccc(C)c([N+](=O)[O-])c1. The molecule has 0 radical (unpaired) electrons. The first-order valence-corrected chi connectivity index (χ1v) is 16.1. The molecule has 0 N–H and O–H groups in total. The maximum atomic E-state index is 14.1. The predicted octanol–water partition coefficient (Wildman–Crippen LogP) is 5.60. The van der Waals surface area contributed by atoms with Crippen LogP contribution < -0.4 is 24.4 Å². The van der Waals surface area contributed by atoms with E-state index in [0.29, 0.717) is 56.4 Å². The number of aromatic nitrogens is 1. The Morgan fingerprint density at radius 3 is 2.53 bits per heavy atom. The fourth-order valence-electron chi connectivity index (χ4n) is 5.06. The molecule has 232 valence electrons. The number of halogens is 1. The van der Waals surface area contributed by atoms with Crippen molar-refractivity contribution in [3.63, 3.8) is 0 Å². The largest absolute Gasteiger partial charge is 0.490 e. The summed E-state index contributed by atoms with van der Waals surface area (Å²) in [5.74, 6) is 0.517. The van der Waals surface area contributed by atoms with Gasteiger partial charge in [0.1, 0.15) is 6.61 Å². The first kappa shape index (κ1) is 32.1. The Morgan fingerprint density at radius 2 is 1.84 bits per heavy atom. The van der Waals surface area contributed by atoms with Gasteiger partial charge in [0.05, 0.1) is 43.6 Å². The van der Waals surface area contributed by atoms with Gasteiger partial charge in [-0.1, -0.05) is 53.8 Å². The van der Waals surface area contributed by atoms with Gasteiger partial charge in [-0.25, -0.2) is 9.79 Å². The number of esters is 1. The van der Waals surface area contributed by atoms with Crippen molar-refractivity contribution in [3.8, 4) is 11.5 Å². The van der Waals surface area contributed by atoms with Crippen molar-refractivity contribution in [2.75, 3.05) is 13.2 Å². The summed E-state index contributed by atoms with van der Waals surface area (Å²) < 4.78 is 20.0. The Balaban J connectivity index is 1.63. The van der Waals surface area contributed by atoms with Crippen LogP contribution in [0.4, 0.5) is 5.69 Å². The number of nitro groups is 1. The van der Waals surface area contributed by atoms with E-state index in [-0.39, 0.29) is 17.9 Å². The van der Waals surface area contributed by atoms with Gasteiger partial charge in [-0.2, -0.15) is 0 Å². The number of hydrogen-bond donors (Lipinski definition) is 0. The molecule has 0 saturated heterocycles. The van der Waals surface area contributed by atoms with E-state index in [1.165, 1.54) is 22.0 Å².